The molecule has 0 aromatic heterocycles. The van der Waals surface area contributed by atoms with Crippen LogP contribution in [0.25, 0.3) is 0 Å². The summed E-state index contributed by atoms with van der Waals surface area (Å²) in [6.45, 7) is 0. The molecule has 1 heteroatoms. The zero-order valence-electron chi connectivity index (χ0n) is 15.6. The van der Waals surface area contributed by atoms with Gasteiger partial charge in [0.1, 0.15) is 5.16 Å². The van der Waals surface area contributed by atoms with Crippen LogP contribution in [0.15, 0.2) is 121 Å². The van der Waals surface area contributed by atoms with E-state index in [1.165, 1.54) is 10.6 Å². The first kappa shape index (κ1) is 18.2. The minimum Gasteiger partial charge on any atom is -0.118 e. The standard InChI is InChI=1S/C27H21P/c1-2-27(23-15-7-3-8-16-23,24-17-9-4-10-18-24)28(25-19-11-5-12-20-25)26-21-13-6-14-22-26/h1,3-22H. The first-order valence-electron chi connectivity index (χ1n) is 9.35. The second kappa shape index (κ2) is 8.26. The maximum absolute atomic E-state index is 6.41. The summed E-state index contributed by atoms with van der Waals surface area (Å²) in [6, 6.07) is 42.4. The van der Waals surface area contributed by atoms with Crippen molar-refractivity contribution in [3.8, 4) is 12.3 Å². The van der Waals surface area contributed by atoms with Crippen molar-refractivity contribution in [3.05, 3.63) is 132 Å². The largest absolute Gasteiger partial charge is 0.118 e. The average Bonchev–Trinajstić information content (AvgIpc) is 2.80. The Labute approximate surface area is 168 Å². The van der Waals surface area contributed by atoms with E-state index in [1.54, 1.807) is 0 Å². The quantitative estimate of drug-likeness (QED) is 0.310. The molecule has 4 aromatic rings. The van der Waals surface area contributed by atoms with Crippen molar-refractivity contribution < 1.29 is 0 Å². The van der Waals surface area contributed by atoms with Crippen LogP contribution < -0.4 is 10.6 Å². The molecule has 0 aliphatic carbocycles. The molecule has 4 aromatic carbocycles. The molecule has 0 saturated carbocycles. The molecule has 0 radical (unpaired) electrons. The molecule has 0 unspecified atom stereocenters. The summed E-state index contributed by atoms with van der Waals surface area (Å²) in [5.74, 6) is 3.27. The first-order valence-corrected chi connectivity index (χ1v) is 10.7. The number of hydrogen-bond acceptors (Lipinski definition) is 0. The predicted octanol–water partition coefficient (Wildman–Crippen LogP) is 5.70. The second-order valence-electron chi connectivity index (χ2n) is 6.59. The molecule has 0 spiro atoms. The summed E-state index contributed by atoms with van der Waals surface area (Å²) in [5, 5.41) is 1.99. The maximum Gasteiger partial charge on any atom is 0.108 e. The molecule has 4 rings (SSSR count). The summed E-state index contributed by atoms with van der Waals surface area (Å²) in [4.78, 5) is 0. The van der Waals surface area contributed by atoms with Crippen molar-refractivity contribution in [2.75, 3.05) is 0 Å². The Bertz CT molecular complexity index is 970. The fourth-order valence-corrected chi connectivity index (χ4v) is 6.66. The summed E-state index contributed by atoms with van der Waals surface area (Å²) in [5.41, 5.74) is 2.31. The molecule has 0 nitrogen and oxygen atoms in total. The lowest BCUT2D eigenvalue weighted by Gasteiger charge is -2.39. The van der Waals surface area contributed by atoms with Gasteiger partial charge < -0.3 is 0 Å². The van der Waals surface area contributed by atoms with Crippen LogP contribution in [-0.4, -0.2) is 0 Å². The SMILES string of the molecule is C#CC(c1ccccc1)(c1ccccc1)P(c1ccccc1)c1ccccc1. The van der Waals surface area contributed by atoms with E-state index in [9.17, 15) is 0 Å². The van der Waals surface area contributed by atoms with Crippen molar-refractivity contribution in [2.45, 2.75) is 5.16 Å². The monoisotopic (exact) mass is 376 g/mol. The first-order chi connectivity index (χ1) is 13.9. The molecule has 28 heavy (non-hydrogen) atoms. The Morgan fingerprint density at radius 3 is 1.14 bits per heavy atom. The zero-order valence-corrected chi connectivity index (χ0v) is 16.5. The van der Waals surface area contributed by atoms with Gasteiger partial charge in [-0.2, -0.15) is 0 Å². The fourth-order valence-electron chi connectivity index (χ4n) is 3.71. The van der Waals surface area contributed by atoms with E-state index in [-0.39, 0.29) is 0 Å². The van der Waals surface area contributed by atoms with Crippen LogP contribution in [0.4, 0.5) is 0 Å². The molecular formula is C27H21P. The Morgan fingerprint density at radius 2 is 0.821 bits per heavy atom. The number of benzene rings is 4. The third-order valence-corrected chi connectivity index (χ3v) is 7.90. The number of hydrogen-bond donors (Lipinski definition) is 0. The Hall–Kier alpha value is -3.13. The van der Waals surface area contributed by atoms with Gasteiger partial charge in [-0.05, 0) is 29.7 Å². The fraction of sp³-hybridized carbons (Fsp3) is 0.0370. The van der Waals surface area contributed by atoms with Crippen LogP contribution in [0, 0.1) is 12.3 Å². The molecule has 0 fully saturated rings. The molecule has 0 amide bonds. The zero-order chi connectivity index (χ0) is 19.2. The predicted molar refractivity (Wildman–Crippen MR) is 122 cm³/mol. The minimum atomic E-state index is -0.887. The normalized spacial score (nSPS) is 11.1. The highest BCUT2D eigenvalue weighted by atomic mass is 31.1. The van der Waals surface area contributed by atoms with Crippen molar-refractivity contribution in [3.63, 3.8) is 0 Å². The third-order valence-electron chi connectivity index (χ3n) is 4.96. The van der Waals surface area contributed by atoms with E-state index in [0.29, 0.717) is 0 Å². The minimum absolute atomic E-state index is 0.555. The van der Waals surface area contributed by atoms with Gasteiger partial charge in [0.25, 0.3) is 0 Å². The summed E-state index contributed by atoms with van der Waals surface area (Å²) < 4.78 is 0. The highest BCUT2D eigenvalue weighted by molar-refractivity contribution is 7.74. The molecule has 0 atom stereocenters. The van der Waals surface area contributed by atoms with E-state index in [1.807, 2.05) is 12.1 Å². The Balaban J connectivity index is 2.07. The molecule has 134 valence electrons. The molecule has 0 bridgehead atoms. The van der Waals surface area contributed by atoms with E-state index < -0.39 is 13.1 Å². The van der Waals surface area contributed by atoms with Crippen LogP contribution in [-0.2, 0) is 5.16 Å². The Morgan fingerprint density at radius 1 is 0.500 bits per heavy atom. The van der Waals surface area contributed by atoms with Gasteiger partial charge in [-0.1, -0.05) is 127 Å². The van der Waals surface area contributed by atoms with Crippen LogP contribution in [0.5, 0.6) is 0 Å². The molecular weight excluding hydrogens is 355 g/mol. The van der Waals surface area contributed by atoms with Gasteiger partial charge in [0.15, 0.2) is 0 Å². The summed E-state index contributed by atoms with van der Waals surface area (Å²) in [6.07, 6.45) is 6.41. The van der Waals surface area contributed by atoms with E-state index in [0.717, 1.165) is 11.1 Å². The molecule has 0 saturated heterocycles. The topological polar surface area (TPSA) is 0 Å². The van der Waals surface area contributed by atoms with Gasteiger partial charge in [-0.3, -0.25) is 0 Å². The van der Waals surface area contributed by atoms with Gasteiger partial charge in [0, 0.05) is 0 Å². The molecule has 0 aliphatic heterocycles. The average molecular weight is 376 g/mol. The summed E-state index contributed by atoms with van der Waals surface area (Å²) in [7, 11) is -0.887. The van der Waals surface area contributed by atoms with E-state index in [2.05, 4.69) is 115 Å². The molecule has 0 N–H and O–H groups in total. The van der Waals surface area contributed by atoms with Gasteiger partial charge >= 0.3 is 0 Å². The van der Waals surface area contributed by atoms with Crippen molar-refractivity contribution >= 4 is 18.5 Å². The van der Waals surface area contributed by atoms with Crippen LogP contribution in [0.1, 0.15) is 11.1 Å². The summed E-state index contributed by atoms with van der Waals surface area (Å²) >= 11 is 0. The lowest BCUT2D eigenvalue weighted by Crippen LogP contribution is -2.32. The highest BCUT2D eigenvalue weighted by Crippen LogP contribution is 2.57. The lowest BCUT2D eigenvalue weighted by atomic mass is 9.91. The lowest BCUT2D eigenvalue weighted by molar-refractivity contribution is 0.965. The van der Waals surface area contributed by atoms with Gasteiger partial charge in [-0.15, -0.1) is 6.42 Å². The third kappa shape index (κ3) is 3.27. The molecule has 0 heterocycles. The van der Waals surface area contributed by atoms with E-state index in [4.69, 9.17) is 6.42 Å². The van der Waals surface area contributed by atoms with Crippen LogP contribution >= 0.6 is 7.92 Å². The highest BCUT2D eigenvalue weighted by Gasteiger charge is 2.42. The van der Waals surface area contributed by atoms with Gasteiger partial charge in [0.2, 0.25) is 0 Å². The van der Waals surface area contributed by atoms with Gasteiger partial charge in [0.05, 0.1) is 0 Å². The van der Waals surface area contributed by atoms with E-state index >= 15 is 0 Å². The number of terminal acetylenes is 1. The van der Waals surface area contributed by atoms with Crippen LogP contribution in [0.3, 0.4) is 0 Å². The van der Waals surface area contributed by atoms with Gasteiger partial charge in [-0.25, -0.2) is 0 Å². The van der Waals surface area contributed by atoms with Crippen LogP contribution in [0.2, 0.25) is 0 Å². The second-order valence-corrected chi connectivity index (χ2v) is 8.97. The Kier molecular flexibility index (Phi) is 5.38. The maximum atomic E-state index is 6.41. The number of rotatable bonds is 5. The smallest absolute Gasteiger partial charge is 0.108 e. The van der Waals surface area contributed by atoms with Crippen molar-refractivity contribution in [1.82, 2.24) is 0 Å². The van der Waals surface area contributed by atoms with Crippen molar-refractivity contribution in [1.29, 1.82) is 0 Å². The van der Waals surface area contributed by atoms with Crippen molar-refractivity contribution in [2.24, 2.45) is 0 Å². The molecule has 0 aliphatic rings.